The number of carbonyl (C=O) groups is 1. The Kier molecular flexibility index (Phi) is 5.28. The number of halogens is 2. The molecule has 6 nitrogen and oxygen atoms in total. The Bertz CT molecular complexity index is 716. The van der Waals surface area contributed by atoms with E-state index in [1.165, 1.54) is 6.20 Å². The van der Waals surface area contributed by atoms with Gasteiger partial charge in [-0.25, -0.2) is 9.48 Å². The van der Waals surface area contributed by atoms with Crippen LogP contribution in [0.1, 0.15) is 37.2 Å². The topological polar surface area (TPSA) is 62.2 Å². The third-order valence-electron chi connectivity index (χ3n) is 4.24. The van der Waals surface area contributed by atoms with E-state index in [2.05, 4.69) is 15.7 Å². The minimum atomic E-state index is -2.62. The quantitative estimate of drug-likeness (QED) is 0.843. The molecular formula is C17H21F2N5O. The van der Waals surface area contributed by atoms with Crippen LogP contribution in [0.15, 0.2) is 36.5 Å². The lowest BCUT2D eigenvalue weighted by atomic mass is 10.1. The van der Waals surface area contributed by atoms with Gasteiger partial charge in [0.15, 0.2) is 0 Å². The summed E-state index contributed by atoms with van der Waals surface area (Å²) in [5.41, 5.74) is 2.48. The molecule has 1 saturated heterocycles. The lowest BCUT2D eigenvalue weighted by molar-refractivity contribution is 0.0561. The van der Waals surface area contributed by atoms with Crippen LogP contribution in [0.2, 0.25) is 0 Å². The first-order chi connectivity index (χ1) is 12.0. The number of hydrogen-bond donors (Lipinski definition) is 2. The van der Waals surface area contributed by atoms with Gasteiger partial charge in [-0.05, 0) is 37.1 Å². The summed E-state index contributed by atoms with van der Waals surface area (Å²) in [7, 11) is 0. The van der Waals surface area contributed by atoms with Crippen molar-refractivity contribution < 1.29 is 13.6 Å². The second kappa shape index (κ2) is 7.60. The van der Waals surface area contributed by atoms with Gasteiger partial charge in [-0.3, -0.25) is 4.90 Å². The van der Waals surface area contributed by atoms with Crippen LogP contribution in [0.3, 0.4) is 0 Å². The van der Waals surface area contributed by atoms with E-state index in [0.717, 1.165) is 24.2 Å². The fourth-order valence-electron chi connectivity index (χ4n) is 2.77. The first kappa shape index (κ1) is 17.3. The molecule has 2 aromatic rings. The number of aromatic nitrogens is 2. The zero-order valence-electron chi connectivity index (χ0n) is 14.0. The third-order valence-corrected chi connectivity index (χ3v) is 4.24. The molecule has 1 unspecified atom stereocenters. The highest BCUT2D eigenvalue weighted by atomic mass is 19.3. The highest BCUT2D eigenvalue weighted by Crippen LogP contribution is 2.21. The van der Waals surface area contributed by atoms with Gasteiger partial charge in [-0.1, -0.05) is 12.1 Å². The summed E-state index contributed by atoms with van der Waals surface area (Å²) in [5, 5.41) is 9.90. The second-order valence-electron chi connectivity index (χ2n) is 6.00. The van der Waals surface area contributed by atoms with Crippen molar-refractivity contribution in [3.05, 3.63) is 47.8 Å². The Morgan fingerprint density at radius 3 is 2.68 bits per heavy atom. The predicted octanol–water partition coefficient (Wildman–Crippen LogP) is 3.05. The largest absolute Gasteiger partial charge is 0.338 e. The Balaban J connectivity index is 1.58. The van der Waals surface area contributed by atoms with Crippen LogP contribution in [0, 0.1) is 0 Å². The van der Waals surface area contributed by atoms with Gasteiger partial charge in [0.1, 0.15) is 0 Å². The van der Waals surface area contributed by atoms with Crippen LogP contribution in [-0.2, 0) is 6.54 Å². The molecule has 1 aromatic carbocycles. The predicted molar refractivity (Wildman–Crippen MR) is 90.5 cm³/mol. The van der Waals surface area contributed by atoms with Gasteiger partial charge < -0.3 is 10.6 Å². The minimum Gasteiger partial charge on any atom is -0.338 e. The van der Waals surface area contributed by atoms with E-state index in [4.69, 9.17) is 0 Å². The molecule has 8 heteroatoms. The normalized spacial score (nSPS) is 16.2. The molecule has 1 aliphatic rings. The van der Waals surface area contributed by atoms with Crippen molar-refractivity contribution in [3.8, 4) is 0 Å². The monoisotopic (exact) mass is 349 g/mol. The second-order valence-corrected chi connectivity index (χ2v) is 6.00. The summed E-state index contributed by atoms with van der Waals surface area (Å²) in [6, 6.07) is 9.30. The molecule has 0 spiro atoms. The van der Waals surface area contributed by atoms with E-state index in [1.54, 1.807) is 11.0 Å². The average molecular weight is 349 g/mol. The Morgan fingerprint density at radius 2 is 2.04 bits per heavy atom. The first-order valence-electron chi connectivity index (χ1n) is 8.25. The van der Waals surface area contributed by atoms with E-state index in [9.17, 15) is 13.6 Å². The molecule has 1 atom stereocenters. The van der Waals surface area contributed by atoms with Crippen molar-refractivity contribution in [1.82, 2.24) is 20.4 Å². The zero-order valence-corrected chi connectivity index (χ0v) is 14.0. The van der Waals surface area contributed by atoms with Gasteiger partial charge in [0.25, 0.3) is 0 Å². The van der Waals surface area contributed by atoms with Crippen molar-refractivity contribution in [2.24, 2.45) is 0 Å². The van der Waals surface area contributed by atoms with Gasteiger partial charge in [0.05, 0.1) is 5.69 Å². The summed E-state index contributed by atoms with van der Waals surface area (Å²) < 4.78 is 25.7. The third kappa shape index (κ3) is 4.14. The molecule has 0 aliphatic carbocycles. The van der Waals surface area contributed by atoms with Crippen LogP contribution in [0.5, 0.6) is 0 Å². The SMILES string of the molecule is CC(NCc1ccn(C(F)F)n1)c1ccc(N2CCCNC2=O)cc1. The first-order valence-corrected chi connectivity index (χ1v) is 8.25. The van der Waals surface area contributed by atoms with Gasteiger partial charge in [-0.2, -0.15) is 13.9 Å². The Morgan fingerprint density at radius 1 is 1.28 bits per heavy atom. The van der Waals surface area contributed by atoms with Gasteiger partial charge >= 0.3 is 12.6 Å². The maximum Gasteiger partial charge on any atom is 0.333 e. The number of benzene rings is 1. The average Bonchev–Trinajstić information content (AvgIpc) is 3.10. The van der Waals surface area contributed by atoms with E-state index in [1.807, 2.05) is 31.2 Å². The van der Waals surface area contributed by atoms with Crippen molar-refractivity contribution in [3.63, 3.8) is 0 Å². The molecule has 0 radical (unpaired) electrons. The number of nitrogens with zero attached hydrogens (tertiary/aromatic N) is 3. The molecule has 0 saturated carbocycles. The standard InChI is InChI=1S/C17H21F2N5O/c1-12(21-11-14-7-10-24(22-14)16(18)19)13-3-5-15(6-4-13)23-9-2-8-20-17(23)25/h3-7,10,12,16,21H,2,8-9,11H2,1H3,(H,20,25). The molecule has 2 N–H and O–H groups in total. The van der Waals surface area contributed by atoms with Crippen LogP contribution in [0.25, 0.3) is 0 Å². The molecule has 134 valence electrons. The van der Waals surface area contributed by atoms with Crippen molar-refractivity contribution in [1.29, 1.82) is 0 Å². The summed E-state index contributed by atoms with van der Waals surface area (Å²) in [5.74, 6) is 0. The van der Waals surface area contributed by atoms with E-state index >= 15 is 0 Å². The Labute approximate surface area is 144 Å². The molecule has 1 aliphatic heterocycles. The van der Waals surface area contributed by atoms with Gasteiger partial charge in [0, 0.05) is 37.6 Å². The molecule has 2 heterocycles. The lowest BCUT2D eigenvalue weighted by Crippen LogP contribution is -2.46. The lowest BCUT2D eigenvalue weighted by Gasteiger charge is -2.27. The molecule has 3 rings (SSSR count). The minimum absolute atomic E-state index is 0.0286. The fraction of sp³-hybridized carbons (Fsp3) is 0.412. The maximum absolute atomic E-state index is 12.5. The molecule has 0 bridgehead atoms. The summed E-state index contributed by atoms with van der Waals surface area (Å²) >= 11 is 0. The molecule has 2 amide bonds. The molecule has 25 heavy (non-hydrogen) atoms. The van der Waals surface area contributed by atoms with Crippen LogP contribution in [0.4, 0.5) is 19.3 Å². The van der Waals surface area contributed by atoms with Crippen molar-refractivity contribution >= 4 is 11.7 Å². The number of rotatable bonds is 6. The van der Waals surface area contributed by atoms with Crippen molar-refractivity contribution in [2.45, 2.75) is 32.5 Å². The number of hydrogen-bond acceptors (Lipinski definition) is 3. The molecular weight excluding hydrogens is 328 g/mol. The number of alkyl halides is 2. The highest BCUT2D eigenvalue weighted by Gasteiger charge is 2.19. The number of carbonyl (C=O) groups excluding carboxylic acids is 1. The molecule has 1 aromatic heterocycles. The van der Waals surface area contributed by atoms with Crippen molar-refractivity contribution in [2.75, 3.05) is 18.0 Å². The van der Waals surface area contributed by atoms with E-state index in [-0.39, 0.29) is 12.1 Å². The van der Waals surface area contributed by atoms with Gasteiger partial charge in [0.2, 0.25) is 0 Å². The van der Waals surface area contributed by atoms with Gasteiger partial charge in [-0.15, -0.1) is 0 Å². The van der Waals surface area contributed by atoms with E-state index in [0.29, 0.717) is 23.5 Å². The number of urea groups is 1. The van der Waals surface area contributed by atoms with Crippen LogP contribution in [-0.4, -0.2) is 28.9 Å². The highest BCUT2D eigenvalue weighted by molar-refractivity contribution is 5.92. The fourth-order valence-corrected chi connectivity index (χ4v) is 2.77. The zero-order chi connectivity index (χ0) is 17.8. The van der Waals surface area contributed by atoms with E-state index < -0.39 is 6.55 Å². The number of amides is 2. The number of nitrogens with one attached hydrogen (secondary N) is 2. The smallest absolute Gasteiger partial charge is 0.333 e. The summed E-state index contributed by atoms with van der Waals surface area (Å²) in [4.78, 5) is 13.6. The Hall–Kier alpha value is -2.48. The summed E-state index contributed by atoms with van der Waals surface area (Å²) in [6.45, 7) is 1.21. The van der Waals surface area contributed by atoms with Crippen LogP contribution >= 0.6 is 0 Å². The molecule has 1 fully saturated rings. The summed E-state index contributed by atoms with van der Waals surface area (Å²) in [6.07, 6.45) is 2.20. The maximum atomic E-state index is 12.5. The number of anilines is 1. The van der Waals surface area contributed by atoms with Crippen LogP contribution < -0.4 is 15.5 Å².